The summed E-state index contributed by atoms with van der Waals surface area (Å²) in [5, 5.41) is 0. The maximum atomic E-state index is 10.2. The van der Waals surface area contributed by atoms with Crippen molar-refractivity contribution in [2.75, 3.05) is 19.2 Å². The highest BCUT2D eigenvalue weighted by Gasteiger charge is 2.03. The van der Waals surface area contributed by atoms with Crippen LogP contribution < -0.4 is 0 Å². The van der Waals surface area contributed by atoms with E-state index in [-0.39, 0.29) is 13.2 Å². The predicted molar refractivity (Wildman–Crippen MR) is 39.0 cm³/mol. The minimum atomic E-state index is -4.09. The SMILES string of the molecule is CC(=O)OCCOCS(=O)(=O)O. The van der Waals surface area contributed by atoms with Gasteiger partial charge in [-0.25, -0.2) is 0 Å². The van der Waals surface area contributed by atoms with E-state index in [9.17, 15) is 13.2 Å². The zero-order valence-electron chi connectivity index (χ0n) is 6.52. The normalized spacial score (nSPS) is 11.2. The van der Waals surface area contributed by atoms with Crippen LogP contribution in [0, 0.1) is 0 Å². The quantitative estimate of drug-likeness (QED) is 0.361. The van der Waals surface area contributed by atoms with Gasteiger partial charge < -0.3 is 9.47 Å². The fourth-order valence-corrected chi connectivity index (χ4v) is 0.737. The van der Waals surface area contributed by atoms with E-state index in [1.165, 1.54) is 6.92 Å². The molecule has 0 aliphatic rings. The molecule has 0 heterocycles. The van der Waals surface area contributed by atoms with E-state index in [0.717, 1.165) is 0 Å². The van der Waals surface area contributed by atoms with Crippen LogP contribution in [0.1, 0.15) is 6.92 Å². The largest absolute Gasteiger partial charge is 0.463 e. The number of hydrogen-bond donors (Lipinski definition) is 1. The van der Waals surface area contributed by atoms with Crippen LogP contribution in [0.2, 0.25) is 0 Å². The summed E-state index contributed by atoms with van der Waals surface area (Å²) in [4.78, 5) is 10.2. The molecule has 6 nitrogen and oxygen atoms in total. The summed E-state index contributed by atoms with van der Waals surface area (Å²) in [6, 6.07) is 0. The van der Waals surface area contributed by atoms with Gasteiger partial charge in [0.05, 0.1) is 6.61 Å². The molecule has 0 aliphatic heterocycles. The standard InChI is InChI=1S/C5H10O6S/c1-5(6)11-3-2-10-4-12(7,8)9/h2-4H2,1H3,(H,7,8,9). The molecule has 0 bridgehead atoms. The van der Waals surface area contributed by atoms with E-state index >= 15 is 0 Å². The molecule has 1 N–H and O–H groups in total. The Balaban J connectivity index is 3.29. The molecule has 0 spiro atoms. The third-order valence-electron chi connectivity index (χ3n) is 0.765. The average Bonchev–Trinajstić information content (AvgIpc) is 1.83. The Morgan fingerprint density at radius 1 is 1.42 bits per heavy atom. The summed E-state index contributed by atoms with van der Waals surface area (Å²) in [5.74, 6) is -1.25. The first kappa shape index (κ1) is 11.3. The molecule has 12 heavy (non-hydrogen) atoms. The maximum absolute atomic E-state index is 10.2. The third kappa shape index (κ3) is 9.34. The van der Waals surface area contributed by atoms with Crippen LogP contribution in [0.4, 0.5) is 0 Å². The Morgan fingerprint density at radius 2 is 2.00 bits per heavy atom. The summed E-state index contributed by atoms with van der Waals surface area (Å²) in [6.45, 7) is 1.15. The monoisotopic (exact) mass is 198 g/mol. The van der Waals surface area contributed by atoms with Gasteiger partial charge in [-0.3, -0.25) is 9.35 Å². The van der Waals surface area contributed by atoms with E-state index < -0.39 is 22.0 Å². The van der Waals surface area contributed by atoms with Gasteiger partial charge in [0.15, 0.2) is 5.94 Å². The fourth-order valence-electron chi connectivity index (χ4n) is 0.409. The van der Waals surface area contributed by atoms with Crippen LogP contribution in [0.3, 0.4) is 0 Å². The molecule has 72 valence electrons. The zero-order valence-corrected chi connectivity index (χ0v) is 7.33. The summed E-state index contributed by atoms with van der Waals surface area (Å²) < 4.78 is 37.1. The highest BCUT2D eigenvalue weighted by atomic mass is 32.2. The lowest BCUT2D eigenvalue weighted by Gasteiger charge is -2.01. The van der Waals surface area contributed by atoms with Gasteiger partial charge in [-0.05, 0) is 0 Å². The molecule has 0 aromatic carbocycles. The van der Waals surface area contributed by atoms with Gasteiger partial charge in [0, 0.05) is 6.92 Å². The van der Waals surface area contributed by atoms with E-state index in [4.69, 9.17) is 4.55 Å². The van der Waals surface area contributed by atoms with Crippen molar-refractivity contribution in [3.05, 3.63) is 0 Å². The van der Waals surface area contributed by atoms with Gasteiger partial charge in [-0.1, -0.05) is 0 Å². The highest BCUT2D eigenvalue weighted by Crippen LogP contribution is 1.85. The smallest absolute Gasteiger partial charge is 0.302 e. The summed E-state index contributed by atoms with van der Waals surface area (Å²) in [6.07, 6.45) is 0. The van der Waals surface area contributed by atoms with Crippen LogP contribution in [0.5, 0.6) is 0 Å². The Hall–Kier alpha value is -0.660. The molecule has 0 aromatic rings. The predicted octanol–water partition coefficient (Wildman–Crippen LogP) is -0.589. The van der Waals surface area contributed by atoms with Crippen LogP contribution in [0.25, 0.3) is 0 Å². The molecule has 0 fully saturated rings. The Kier molecular flexibility index (Phi) is 4.79. The van der Waals surface area contributed by atoms with Crippen molar-refractivity contribution in [3.63, 3.8) is 0 Å². The van der Waals surface area contributed by atoms with Crippen molar-refractivity contribution in [1.82, 2.24) is 0 Å². The Morgan fingerprint density at radius 3 is 2.42 bits per heavy atom. The van der Waals surface area contributed by atoms with Crippen LogP contribution in [-0.2, 0) is 24.4 Å². The van der Waals surface area contributed by atoms with E-state index in [1.807, 2.05) is 0 Å². The molecule has 0 saturated heterocycles. The minimum Gasteiger partial charge on any atom is -0.463 e. The van der Waals surface area contributed by atoms with Crippen LogP contribution in [0.15, 0.2) is 0 Å². The molecule has 0 radical (unpaired) electrons. The topological polar surface area (TPSA) is 89.9 Å². The summed E-state index contributed by atoms with van der Waals surface area (Å²) in [5.41, 5.74) is 0. The van der Waals surface area contributed by atoms with Crippen molar-refractivity contribution in [2.45, 2.75) is 6.92 Å². The van der Waals surface area contributed by atoms with Crippen LogP contribution in [-0.4, -0.2) is 38.1 Å². The molecule has 0 amide bonds. The number of carbonyl (C=O) groups is 1. The lowest BCUT2D eigenvalue weighted by molar-refractivity contribution is -0.142. The zero-order chi connectivity index (χ0) is 9.61. The number of carbonyl (C=O) groups excluding carboxylic acids is 1. The molecule has 0 aliphatic carbocycles. The van der Waals surface area contributed by atoms with Crippen molar-refractivity contribution in [1.29, 1.82) is 0 Å². The molecular formula is C5H10O6S. The lowest BCUT2D eigenvalue weighted by Crippen LogP contribution is -2.13. The van der Waals surface area contributed by atoms with Gasteiger partial charge in [0.2, 0.25) is 0 Å². The molecule has 7 heteroatoms. The first-order valence-electron chi connectivity index (χ1n) is 3.08. The second-order valence-electron chi connectivity index (χ2n) is 1.95. The molecule has 0 unspecified atom stereocenters. The van der Waals surface area contributed by atoms with Crippen molar-refractivity contribution in [2.24, 2.45) is 0 Å². The average molecular weight is 198 g/mol. The van der Waals surface area contributed by atoms with Gasteiger partial charge in [-0.2, -0.15) is 8.42 Å². The second-order valence-corrected chi connectivity index (χ2v) is 3.35. The first-order valence-corrected chi connectivity index (χ1v) is 4.69. The van der Waals surface area contributed by atoms with Gasteiger partial charge >= 0.3 is 5.97 Å². The Bertz CT molecular complexity index is 230. The van der Waals surface area contributed by atoms with Gasteiger partial charge in [-0.15, -0.1) is 0 Å². The van der Waals surface area contributed by atoms with Crippen LogP contribution >= 0.6 is 0 Å². The molecule has 0 rings (SSSR count). The van der Waals surface area contributed by atoms with Gasteiger partial charge in [0.25, 0.3) is 10.1 Å². The first-order chi connectivity index (χ1) is 5.42. The van der Waals surface area contributed by atoms with E-state index in [1.54, 1.807) is 0 Å². The van der Waals surface area contributed by atoms with Crippen molar-refractivity contribution in [3.8, 4) is 0 Å². The molecule has 0 aromatic heterocycles. The van der Waals surface area contributed by atoms with Gasteiger partial charge in [0.1, 0.15) is 6.61 Å². The highest BCUT2D eigenvalue weighted by molar-refractivity contribution is 7.85. The molecule has 0 atom stereocenters. The number of rotatable bonds is 5. The van der Waals surface area contributed by atoms with E-state index in [0.29, 0.717) is 0 Å². The third-order valence-corrected chi connectivity index (χ3v) is 1.23. The van der Waals surface area contributed by atoms with Crippen molar-refractivity contribution < 1.29 is 27.2 Å². The summed E-state index contributed by atoms with van der Waals surface area (Å²) in [7, 11) is -4.09. The number of hydrogen-bond acceptors (Lipinski definition) is 5. The molecular weight excluding hydrogens is 188 g/mol. The number of esters is 1. The summed E-state index contributed by atoms with van der Waals surface area (Å²) >= 11 is 0. The molecule has 0 saturated carbocycles. The fraction of sp³-hybridized carbons (Fsp3) is 0.800. The van der Waals surface area contributed by atoms with Crippen molar-refractivity contribution >= 4 is 16.1 Å². The maximum Gasteiger partial charge on any atom is 0.302 e. The number of ether oxygens (including phenoxy) is 2. The Labute approximate surface area is 70.2 Å². The second kappa shape index (κ2) is 5.07. The lowest BCUT2D eigenvalue weighted by atomic mass is 10.7. The minimum absolute atomic E-state index is 0.0230. The van der Waals surface area contributed by atoms with E-state index in [2.05, 4.69) is 9.47 Å².